The van der Waals surface area contributed by atoms with Gasteiger partial charge in [-0.25, -0.2) is 0 Å². The molecule has 1 N–H and O–H groups in total. The quantitative estimate of drug-likeness (QED) is 0.486. The summed E-state index contributed by atoms with van der Waals surface area (Å²) in [6, 6.07) is 15.7. The molecular formula is C28H27N3O6. The number of Topliss-reactive ketones (excluding diaryl/α,β-unsaturated/α-hetero) is 1. The number of morpholine rings is 1. The second kappa shape index (κ2) is 8.86. The summed E-state index contributed by atoms with van der Waals surface area (Å²) < 4.78 is 11.2. The van der Waals surface area contributed by atoms with E-state index in [-0.39, 0.29) is 17.9 Å². The number of benzene rings is 2. The molecule has 2 amide bonds. The fourth-order valence-electron chi connectivity index (χ4n) is 5.87. The van der Waals surface area contributed by atoms with Crippen LogP contribution in [0.4, 0.5) is 5.69 Å². The first kappa shape index (κ1) is 23.4. The number of ether oxygens (including phenoxy) is 1. The Morgan fingerprint density at radius 2 is 1.81 bits per heavy atom. The molecule has 3 aromatic rings. The molecule has 0 aliphatic carbocycles. The molecule has 6 rings (SSSR count). The lowest BCUT2D eigenvalue weighted by atomic mass is 9.81. The van der Waals surface area contributed by atoms with Gasteiger partial charge in [-0.15, -0.1) is 0 Å². The van der Waals surface area contributed by atoms with Crippen molar-refractivity contribution in [2.24, 2.45) is 0 Å². The summed E-state index contributed by atoms with van der Waals surface area (Å²) in [4.78, 5) is 45.9. The van der Waals surface area contributed by atoms with Crippen molar-refractivity contribution < 1.29 is 33.5 Å². The number of nitrogens with one attached hydrogen (secondary N) is 1. The smallest absolute Gasteiger partial charge is 0.262 e. The fraction of sp³-hybridized carbons (Fsp3) is 0.321. The molecule has 1 atom stereocenters. The van der Waals surface area contributed by atoms with Gasteiger partial charge in [0.15, 0.2) is 11.3 Å². The minimum absolute atomic E-state index is 0.0717. The number of nitrogens with zero attached hydrogens (tertiary/aromatic N) is 2. The number of para-hydroxylation sites is 2. The maximum Gasteiger partial charge on any atom is 0.262 e. The van der Waals surface area contributed by atoms with Crippen molar-refractivity contribution in [1.82, 2.24) is 4.90 Å². The lowest BCUT2D eigenvalue weighted by Gasteiger charge is -2.37. The lowest BCUT2D eigenvalue weighted by molar-refractivity contribution is -0.907. The number of ketones is 1. The maximum atomic E-state index is 14.2. The summed E-state index contributed by atoms with van der Waals surface area (Å²) >= 11 is 0. The summed E-state index contributed by atoms with van der Waals surface area (Å²) in [5.41, 5.74) is -0.642. The average Bonchev–Trinajstić information content (AvgIpc) is 3.53. The zero-order valence-corrected chi connectivity index (χ0v) is 20.5. The molecule has 9 heteroatoms. The molecule has 1 spiro atoms. The summed E-state index contributed by atoms with van der Waals surface area (Å²) in [5.74, 6) is -3.07. The van der Waals surface area contributed by atoms with Crippen molar-refractivity contribution in [3.8, 4) is 0 Å². The van der Waals surface area contributed by atoms with Crippen LogP contribution in [0.25, 0.3) is 11.0 Å². The van der Waals surface area contributed by atoms with Crippen LogP contribution in [-0.2, 0) is 19.9 Å². The molecule has 0 bridgehead atoms. The van der Waals surface area contributed by atoms with Crippen LogP contribution in [0.5, 0.6) is 0 Å². The van der Waals surface area contributed by atoms with Crippen LogP contribution in [0.1, 0.15) is 23.0 Å². The van der Waals surface area contributed by atoms with Crippen molar-refractivity contribution in [1.29, 1.82) is 0 Å². The lowest BCUT2D eigenvalue weighted by Crippen LogP contribution is -3.14. The van der Waals surface area contributed by atoms with Crippen LogP contribution in [0.3, 0.4) is 0 Å². The van der Waals surface area contributed by atoms with E-state index in [4.69, 9.17) is 9.15 Å². The van der Waals surface area contributed by atoms with Crippen LogP contribution in [0.15, 0.2) is 70.3 Å². The zero-order chi connectivity index (χ0) is 25.7. The third-order valence-corrected chi connectivity index (χ3v) is 7.65. The minimum atomic E-state index is -1.83. The second-order valence-electron chi connectivity index (χ2n) is 9.53. The summed E-state index contributed by atoms with van der Waals surface area (Å²) in [6.45, 7) is 5.59. The van der Waals surface area contributed by atoms with Gasteiger partial charge in [-0.05, 0) is 30.9 Å². The summed E-state index contributed by atoms with van der Waals surface area (Å²) in [6.07, 6.45) is 0. The molecule has 2 aromatic carbocycles. The molecule has 1 saturated heterocycles. The SMILES string of the molecule is CCN1C(=O)C2(C(C(=O)c3cc4ccccc4o3)=C([O-])C(=O)N2CC[NH+]2CCOCC2)c2ccccc21. The first-order valence-electron chi connectivity index (χ1n) is 12.6. The number of furan rings is 1. The van der Waals surface area contributed by atoms with E-state index >= 15 is 0 Å². The monoisotopic (exact) mass is 501 g/mol. The van der Waals surface area contributed by atoms with E-state index in [1.165, 1.54) is 9.80 Å². The Kier molecular flexibility index (Phi) is 5.62. The molecule has 3 aliphatic rings. The van der Waals surface area contributed by atoms with Gasteiger partial charge in [0.05, 0.1) is 32.0 Å². The zero-order valence-electron chi connectivity index (χ0n) is 20.5. The van der Waals surface area contributed by atoms with Gasteiger partial charge in [0.1, 0.15) is 18.7 Å². The molecule has 37 heavy (non-hydrogen) atoms. The first-order valence-corrected chi connectivity index (χ1v) is 12.6. The Hall–Kier alpha value is -3.95. The highest BCUT2D eigenvalue weighted by atomic mass is 16.5. The Bertz CT molecular complexity index is 1420. The highest BCUT2D eigenvalue weighted by Gasteiger charge is 2.63. The van der Waals surface area contributed by atoms with Gasteiger partial charge >= 0.3 is 0 Å². The number of rotatable bonds is 6. The van der Waals surface area contributed by atoms with Crippen molar-refractivity contribution >= 4 is 34.3 Å². The van der Waals surface area contributed by atoms with E-state index in [1.807, 2.05) is 13.0 Å². The van der Waals surface area contributed by atoms with Gasteiger partial charge in [0, 0.05) is 23.1 Å². The van der Waals surface area contributed by atoms with Crippen LogP contribution < -0.4 is 14.9 Å². The van der Waals surface area contributed by atoms with Crippen molar-refractivity contribution in [2.45, 2.75) is 12.5 Å². The molecular weight excluding hydrogens is 474 g/mol. The number of likely N-dealkylation sites (N-methyl/N-ethyl adjacent to an activating group) is 1. The molecule has 4 heterocycles. The number of hydrogen-bond acceptors (Lipinski definition) is 6. The molecule has 1 aromatic heterocycles. The number of amides is 2. The van der Waals surface area contributed by atoms with Crippen LogP contribution in [0, 0.1) is 0 Å². The average molecular weight is 502 g/mol. The molecule has 190 valence electrons. The number of fused-ring (bicyclic) bond motifs is 3. The standard InChI is InChI=1S/C28H27N3O6/c1-2-30-20-9-5-4-8-19(20)28(27(30)35)23(24(32)22-17-18-7-3-6-10-21(18)37-22)25(33)26(34)31(28)12-11-29-13-15-36-16-14-29/h3-10,17,33H,2,11-16H2,1H3. The largest absolute Gasteiger partial charge is 0.868 e. The number of hydrogen-bond donors (Lipinski definition) is 1. The minimum Gasteiger partial charge on any atom is -0.868 e. The number of quaternary nitrogens is 1. The van der Waals surface area contributed by atoms with Gasteiger partial charge < -0.3 is 29.0 Å². The third-order valence-electron chi connectivity index (χ3n) is 7.65. The van der Waals surface area contributed by atoms with Gasteiger partial charge in [-0.2, -0.15) is 0 Å². The summed E-state index contributed by atoms with van der Waals surface area (Å²) in [5, 5.41) is 14.3. The van der Waals surface area contributed by atoms with Crippen LogP contribution in [-0.4, -0.2) is 68.4 Å². The number of carbonyl (C=O) groups is 3. The van der Waals surface area contributed by atoms with E-state index in [0.29, 0.717) is 48.5 Å². The molecule has 9 nitrogen and oxygen atoms in total. The predicted octanol–water partition coefficient (Wildman–Crippen LogP) is 0.249. The topological polar surface area (TPSA) is 108 Å². The van der Waals surface area contributed by atoms with Crippen molar-refractivity contribution in [3.05, 3.63) is 77.3 Å². The summed E-state index contributed by atoms with van der Waals surface area (Å²) in [7, 11) is 0. The van der Waals surface area contributed by atoms with Crippen molar-refractivity contribution in [2.75, 3.05) is 50.8 Å². The highest BCUT2D eigenvalue weighted by Crippen LogP contribution is 2.52. The van der Waals surface area contributed by atoms with Crippen molar-refractivity contribution in [3.63, 3.8) is 0 Å². The molecule has 0 radical (unpaired) electrons. The Labute approximate surface area is 213 Å². The Morgan fingerprint density at radius 3 is 2.57 bits per heavy atom. The first-order chi connectivity index (χ1) is 18.0. The fourth-order valence-corrected chi connectivity index (χ4v) is 5.87. The predicted molar refractivity (Wildman–Crippen MR) is 132 cm³/mol. The number of anilines is 1. The van der Waals surface area contributed by atoms with E-state index in [0.717, 1.165) is 13.1 Å². The second-order valence-corrected chi connectivity index (χ2v) is 9.53. The van der Waals surface area contributed by atoms with E-state index in [9.17, 15) is 19.5 Å². The van der Waals surface area contributed by atoms with Gasteiger partial charge in [0.25, 0.3) is 5.91 Å². The van der Waals surface area contributed by atoms with Crippen LogP contribution >= 0.6 is 0 Å². The highest BCUT2D eigenvalue weighted by molar-refractivity contribution is 6.26. The Balaban J connectivity index is 1.50. The number of carbonyl (C=O) groups excluding carboxylic acids is 3. The third kappa shape index (κ3) is 3.34. The molecule has 1 unspecified atom stereocenters. The molecule has 0 saturated carbocycles. The molecule has 1 fully saturated rings. The van der Waals surface area contributed by atoms with E-state index in [2.05, 4.69) is 0 Å². The van der Waals surface area contributed by atoms with E-state index < -0.39 is 28.9 Å². The maximum absolute atomic E-state index is 14.2. The van der Waals surface area contributed by atoms with E-state index in [1.54, 1.807) is 53.4 Å². The normalized spacial score (nSPS) is 22.1. The van der Waals surface area contributed by atoms with Gasteiger partial charge in [-0.1, -0.05) is 36.4 Å². The Morgan fingerprint density at radius 1 is 1.08 bits per heavy atom. The van der Waals surface area contributed by atoms with Crippen LogP contribution in [0.2, 0.25) is 0 Å². The van der Waals surface area contributed by atoms with Gasteiger partial charge in [0.2, 0.25) is 11.7 Å². The molecule has 3 aliphatic heterocycles. The van der Waals surface area contributed by atoms with Gasteiger partial charge in [-0.3, -0.25) is 14.4 Å².